The fourth-order valence-corrected chi connectivity index (χ4v) is 4.43. The lowest BCUT2D eigenvalue weighted by Gasteiger charge is -2.32. The van der Waals surface area contributed by atoms with Crippen molar-refractivity contribution < 1.29 is 9.31 Å². The molecule has 2 nitrogen and oxygen atoms in total. The third-order valence-electron chi connectivity index (χ3n) is 4.84. The molecule has 0 spiro atoms. The second-order valence-electron chi connectivity index (χ2n) is 9.00. The molecule has 0 unspecified atom stereocenters. The van der Waals surface area contributed by atoms with Crippen molar-refractivity contribution in [2.24, 2.45) is 0 Å². The summed E-state index contributed by atoms with van der Waals surface area (Å²) in [5.74, 6) is 0. The van der Waals surface area contributed by atoms with Gasteiger partial charge in [-0.2, -0.15) is 0 Å². The minimum atomic E-state index is -0.793. The molecule has 0 aromatic heterocycles. The number of hydrogen-bond donors (Lipinski definition) is 0. The highest BCUT2D eigenvalue weighted by molar-refractivity contribution is 8.32. The molecular weight excluding hydrogens is 323 g/mol. The van der Waals surface area contributed by atoms with Gasteiger partial charge in [0.1, 0.15) is 0 Å². The smallest absolute Gasteiger partial charge is 0.399 e. The maximum Gasteiger partial charge on any atom is 0.494 e. The van der Waals surface area contributed by atoms with E-state index in [-0.39, 0.29) is 18.3 Å². The van der Waals surface area contributed by atoms with Crippen LogP contribution in [0.4, 0.5) is 0 Å². The summed E-state index contributed by atoms with van der Waals surface area (Å²) in [4.78, 5) is 2.87. The van der Waals surface area contributed by atoms with Crippen LogP contribution in [0.5, 0.6) is 0 Å². The molecular formula is C18H33BO2S2. The summed E-state index contributed by atoms with van der Waals surface area (Å²) in [7, 11) is -1.86. The van der Waals surface area contributed by atoms with E-state index >= 15 is 0 Å². The van der Waals surface area contributed by atoms with E-state index in [0.717, 1.165) is 0 Å². The van der Waals surface area contributed by atoms with Crippen LogP contribution in [-0.2, 0) is 9.31 Å². The average Bonchev–Trinajstić information content (AvgIpc) is 2.56. The van der Waals surface area contributed by atoms with E-state index < -0.39 is 20.1 Å². The Balaban J connectivity index is 2.51. The molecule has 1 aliphatic heterocycles. The highest BCUT2D eigenvalue weighted by atomic mass is 32.3. The first-order chi connectivity index (χ1) is 10.1. The maximum absolute atomic E-state index is 6.28. The Morgan fingerprint density at radius 2 is 1.04 bits per heavy atom. The Labute approximate surface area is 146 Å². The van der Waals surface area contributed by atoms with Crippen LogP contribution in [0.15, 0.2) is 28.0 Å². The monoisotopic (exact) mass is 356 g/mol. The van der Waals surface area contributed by atoms with Crippen LogP contribution in [0.25, 0.3) is 0 Å². The van der Waals surface area contributed by atoms with Gasteiger partial charge in [-0.25, -0.2) is 20.1 Å². The summed E-state index contributed by atoms with van der Waals surface area (Å²) in [6.07, 6.45) is 14.1. The quantitative estimate of drug-likeness (QED) is 0.760. The molecule has 0 aliphatic carbocycles. The number of rotatable bonds is 3. The van der Waals surface area contributed by atoms with Crippen molar-refractivity contribution in [1.82, 2.24) is 0 Å². The third-order valence-corrected chi connectivity index (χ3v) is 8.14. The molecule has 132 valence electrons. The highest BCUT2D eigenvalue weighted by Gasteiger charge is 2.51. The molecule has 1 aromatic carbocycles. The highest BCUT2D eigenvalue weighted by Crippen LogP contribution is 2.51. The molecule has 0 saturated carbocycles. The summed E-state index contributed by atoms with van der Waals surface area (Å²) in [5, 5.41) is 0. The van der Waals surface area contributed by atoms with Crippen LogP contribution in [0.2, 0.25) is 0 Å². The first-order valence-corrected chi connectivity index (χ1v) is 13.7. The second kappa shape index (κ2) is 5.72. The van der Waals surface area contributed by atoms with Gasteiger partial charge >= 0.3 is 7.12 Å². The van der Waals surface area contributed by atoms with Gasteiger partial charge in [-0.15, -0.1) is 0 Å². The van der Waals surface area contributed by atoms with Crippen molar-refractivity contribution in [3.05, 3.63) is 18.2 Å². The summed E-state index contributed by atoms with van der Waals surface area (Å²) in [5.41, 5.74) is 0.578. The van der Waals surface area contributed by atoms with Gasteiger partial charge in [-0.3, -0.25) is 0 Å². The molecule has 0 amide bonds. The van der Waals surface area contributed by atoms with Gasteiger partial charge in [0, 0.05) is 0 Å². The van der Waals surface area contributed by atoms with Gasteiger partial charge in [0.05, 0.1) is 11.2 Å². The Hall–Kier alpha value is -0.0951. The van der Waals surface area contributed by atoms with E-state index in [0.29, 0.717) is 0 Å². The standard InChI is InChI=1S/C18H33BO2S2/c1-17(2)18(3,4)21-19(20-17)14-11-15(22(5,6)7)13-16(12-14)23(8,9)10/h11-13H,1-10H3. The minimum Gasteiger partial charge on any atom is -0.399 e. The zero-order valence-corrected chi connectivity index (χ0v) is 18.1. The van der Waals surface area contributed by atoms with Crippen LogP contribution >= 0.6 is 20.1 Å². The molecule has 1 fully saturated rings. The summed E-state index contributed by atoms with van der Waals surface area (Å²) >= 11 is 0. The fraction of sp³-hybridized carbons (Fsp3) is 0.667. The molecule has 1 aromatic rings. The Morgan fingerprint density at radius 3 is 1.35 bits per heavy atom. The van der Waals surface area contributed by atoms with E-state index in [2.05, 4.69) is 83.4 Å². The molecule has 0 bridgehead atoms. The largest absolute Gasteiger partial charge is 0.494 e. The topological polar surface area (TPSA) is 18.5 Å². The zero-order chi connectivity index (χ0) is 17.8. The van der Waals surface area contributed by atoms with Crippen molar-refractivity contribution >= 4 is 32.6 Å². The predicted octanol–water partition coefficient (Wildman–Crippen LogP) is 4.09. The lowest BCUT2D eigenvalue weighted by molar-refractivity contribution is 0.00578. The number of benzene rings is 1. The van der Waals surface area contributed by atoms with Gasteiger partial charge < -0.3 is 9.31 Å². The van der Waals surface area contributed by atoms with Crippen molar-refractivity contribution in [3.8, 4) is 0 Å². The summed E-state index contributed by atoms with van der Waals surface area (Å²) in [6.45, 7) is 8.45. The van der Waals surface area contributed by atoms with E-state index in [1.54, 1.807) is 0 Å². The van der Waals surface area contributed by atoms with E-state index in [9.17, 15) is 0 Å². The molecule has 0 atom stereocenters. The lowest BCUT2D eigenvalue weighted by Crippen LogP contribution is -2.41. The minimum absolute atomic E-state index is 0.276. The maximum atomic E-state index is 6.28. The van der Waals surface area contributed by atoms with Gasteiger partial charge in [-0.05, 0) is 86.5 Å². The van der Waals surface area contributed by atoms with Crippen molar-refractivity contribution in [2.75, 3.05) is 37.5 Å². The fourth-order valence-electron chi connectivity index (χ4n) is 2.42. The second-order valence-corrected chi connectivity index (χ2v) is 17.3. The molecule has 1 heterocycles. The first-order valence-electron chi connectivity index (χ1n) is 8.01. The van der Waals surface area contributed by atoms with Crippen molar-refractivity contribution in [1.29, 1.82) is 0 Å². The Bertz CT molecular complexity index is 550. The van der Waals surface area contributed by atoms with Gasteiger partial charge in [0.25, 0.3) is 0 Å². The predicted molar refractivity (Wildman–Crippen MR) is 109 cm³/mol. The van der Waals surface area contributed by atoms with Crippen LogP contribution in [-0.4, -0.2) is 55.9 Å². The van der Waals surface area contributed by atoms with E-state index in [1.807, 2.05) is 0 Å². The van der Waals surface area contributed by atoms with Gasteiger partial charge in [-0.1, -0.05) is 12.1 Å². The van der Waals surface area contributed by atoms with Crippen molar-refractivity contribution in [2.45, 2.75) is 48.7 Å². The van der Waals surface area contributed by atoms with Gasteiger partial charge in [0.15, 0.2) is 0 Å². The molecule has 0 radical (unpaired) electrons. The zero-order valence-electron chi connectivity index (χ0n) is 16.4. The SMILES string of the molecule is CC1(C)OB(c2cc(S(C)(C)C)cc(S(C)(C)C)c2)OC1(C)C. The molecule has 23 heavy (non-hydrogen) atoms. The lowest BCUT2D eigenvalue weighted by atomic mass is 9.79. The number of hydrogen-bond acceptors (Lipinski definition) is 2. The molecule has 2 rings (SSSR count). The van der Waals surface area contributed by atoms with Crippen molar-refractivity contribution in [3.63, 3.8) is 0 Å². The Kier molecular flexibility index (Phi) is 4.78. The van der Waals surface area contributed by atoms with E-state index in [1.165, 1.54) is 15.3 Å². The Morgan fingerprint density at radius 1 is 0.696 bits per heavy atom. The average molecular weight is 356 g/mol. The molecule has 5 heteroatoms. The van der Waals surface area contributed by atoms with Crippen LogP contribution < -0.4 is 5.46 Å². The molecule has 0 N–H and O–H groups in total. The van der Waals surface area contributed by atoms with Crippen LogP contribution in [0, 0.1) is 0 Å². The normalized spacial score (nSPS) is 22.3. The van der Waals surface area contributed by atoms with Gasteiger partial charge in [0.2, 0.25) is 0 Å². The molecule has 1 aliphatic rings. The molecule has 1 saturated heterocycles. The summed E-state index contributed by atoms with van der Waals surface area (Å²) < 4.78 is 12.6. The summed E-state index contributed by atoms with van der Waals surface area (Å²) in [6, 6.07) is 7.00. The first kappa shape index (κ1) is 19.2. The van der Waals surface area contributed by atoms with Crippen LogP contribution in [0.1, 0.15) is 27.7 Å². The van der Waals surface area contributed by atoms with E-state index in [4.69, 9.17) is 9.31 Å². The third kappa shape index (κ3) is 3.94. The van der Waals surface area contributed by atoms with Crippen LogP contribution in [0.3, 0.4) is 0 Å².